The number of hydrogen-bond acceptors (Lipinski definition) is 6. The van der Waals surface area contributed by atoms with Crippen LogP contribution in [0.1, 0.15) is 12.6 Å². The van der Waals surface area contributed by atoms with Crippen molar-refractivity contribution < 1.29 is 13.9 Å². The number of hydrogen-bond donors (Lipinski definition) is 2. The van der Waals surface area contributed by atoms with E-state index in [0.29, 0.717) is 32.1 Å². The number of aromatic nitrogens is 1. The van der Waals surface area contributed by atoms with Crippen LogP contribution in [0.25, 0.3) is 11.5 Å². The number of guanidine groups is 1. The molecule has 9 nitrogen and oxygen atoms in total. The van der Waals surface area contributed by atoms with E-state index in [2.05, 4.69) is 32.3 Å². The van der Waals surface area contributed by atoms with Gasteiger partial charge in [-0.05, 0) is 19.1 Å². The van der Waals surface area contributed by atoms with Gasteiger partial charge in [0.05, 0.1) is 19.7 Å². The van der Waals surface area contributed by atoms with Gasteiger partial charge in [-0.15, -0.1) is 0 Å². The Bertz CT molecular complexity index is 831. The van der Waals surface area contributed by atoms with Crippen LogP contribution < -0.4 is 10.6 Å². The van der Waals surface area contributed by atoms with Crippen LogP contribution in [0.2, 0.25) is 0 Å². The zero-order valence-corrected chi connectivity index (χ0v) is 18.3. The number of ether oxygens (including phenoxy) is 1. The molecule has 0 spiro atoms. The topological polar surface area (TPSA) is 95.2 Å². The number of carbonyl (C=O) groups is 1. The Morgan fingerprint density at radius 3 is 2.68 bits per heavy atom. The normalized spacial score (nSPS) is 15.2. The molecule has 1 aromatic heterocycles. The lowest BCUT2D eigenvalue weighted by Crippen LogP contribution is -2.54. The summed E-state index contributed by atoms with van der Waals surface area (Å²) in [5.74, 6) is 1.50. The van der Waals surface area contributed by atoms with E-state index in [1.807, 2.05) is 30.3 Å². The summed E-state index contributed by atoms with van der Waals surface area (Å²) in [7, 11) is 1.62. The Morgan fingerprint density at radius 1 is 1.19 bits per heavy atom. The Labute approximate surface area is 183 Å². The van der Waals surface area contributed by atoms with Gasteiger partial charge in [0, 0.05) is 51.9 Å². The summed E-state index contributed by atoms with van der Waals surface area (Å²) in [4.78, 5) is 25.7. The highest BCUT2D eigenvalue weighted by molar-refractivity contribution is 5.80. The van der Waals surface area contributed by atoms with Crippen molar-refractivity contribution in [3.05, 3.63) is 42.3 Å². The maximum absolute atomic E-state index is 12.0. The number of oxazole rings is 1. The van der Waals surface area contributed by atoms with E-state index in [0.717, 1.165) is 49.9 Å². The lowest BCUT2D eigenvalue weighted by atomic mass is 10.2. The van der Waals surface area contributed by atoms with Crippen LogP contribution in [0.5, 0.6) is 0 Å². The molecule has 1 aliphatic rings. The van der Waals surface area contributed by atoms with E-state index in [-0.39, 0.29) is 5.91 Å². The predicted octanol–water partition coefficient (Wildman–Crippen LogP) is 1.19. The largest absolute Gasteiger partial charge is 0.444 e. The van der Waals surface area contributed by atoms with E-state index >= 15 is 0 Å². The molecule has 0 atom stereocenters. The van der Waals surface area contributed by atoms with Gasteiger partial charge < -0.3 is 24.7 Å². The van der Waals surface area contributed by atoms with Gasteiger partial charge in [0.2, 0.25) is 11.8 Å². The van der Waals surface area contributed by atoms with Gasteiger partial charge in [-0.25, -0.2) is 9.98 Å². The lowest BCUT2D eigenvalue weighted by molar-refractivity contribution is -0.122. The smallest absolute Gasteiger partial charge is 0.234 e. The fraction of sp³-hybridized carbons (Fsp3) is 0.500. The van der Waals surface area contributed by atoms with Crippen LogP contribution in [0.4, 0.5) is 0 Å². The number of piperazine rings is 1. The minimum absolute atomic E-state index is 0.0336. The Hall–Kier alpha value is -2.91. The second-order valence-corrected chi connectivity index (χ2v) is 7.29. The molecule has 0 aliphatic carbocycles. The molecule has 0 saturated carbocycles. The van der Waals surface area contributed by atoms with Crippen LogP contribution in [-0.2, 0) is 16.1 Å². The van der Waals surface area contributed by atoms with E-state index in [9.17, 15) is 4.79 Å². The lowest BCUT2D eigenvalue weighted by Gasteiger charge is -2.36. The number of carbonyl (C=O) groups excluding carboxylic acids is 1. The monoisotopic (exact) mass is 428 g/mol. The molecule has 2 N–H and O–H groups in total. The Morgan fingerprint density at radius 2 is 1.97 bits per heavy atom. The maximum atomic E-state index is 12.0. The Balaban J connectivity index is 1.51. The minimum Gasteiger partial charge on any atom is -0.444 e. The Kier molecular flexibility index (Phi) is 8.86. The number of rotatable bonds is 9. The molecule has 1 aliphatic heterocycles. The predicted molar refractivity (Wildman–Crippen MR) is 120 cm³/mol. The van der Waals surface area contributed by atoms with Crippen molar-refractivity contribution in [3.63, 3.8) is 0 Å². The average molecular weight is 429 g/mol. The fourth-order valence-electron chi connectivity index (χ4n) is 3.34. The SMILES string of the molecule is CCNC(=NCc1coc(-c2ccccc2)n1)N1CCN(CC(=O)NCCOC)CC1. The van der Waals surface area contributed by atoms with Crippen molar-refractivity contribution in [3.8, 4) is 11.5 Å². The van der Waals surface area contributed by atoms with Crippen LogP contribution in [0.15, 0.2) is 46.0 Å². The van der Waals surface area contributed by atoms with Gasteiger partial charge >= 0.3 is 0 Å². The van der Waals surface area contributed by atoms with Gasteiger partial charge in [-0.2, -0.15) is 0 Å². The van der Waals surface area contributed by atoms with Crippen molar-refractivity contribution >= 4 is 11.9 Å². The second-order valence-electron chi connectivity index (χ2n) is 7.29. The molecule has 3 rings (SSSR count). The average Bonchev–Trinajstić information content (AvgIpc) is 3.27. The third-order valence-electron chi connectivity index (χ3n) is 4.97. The number of nitrogens with zero attached hydrogens (tertiary/aromatic N) is 4. The second kappa shape index (κ2) is 12.1. The van der Waals surface area contributed by atoms with Crippen molar-refractivity contribution in [2.24, 2.45) is 4.99 Å². The molecule has 1 amide bonds. The van der Waals surface area contributed by atoms with Crippen LogP contribution in [0.3, 0.4) is 0 Å². The number of benzene rings is 1. The number of aliphatic imine (C=N–C) groups is 1. The third kappa shape index (κ3) is 7.08. The first-order chi connectivity index (χ1) is 15.2. The first-order valence-electron chi connectivity index (χ1n) is 10.7. The third-order valence-corrected chi connectivity index (χ3v) is 4.97. The molecule has 1 aromatic carbocycles. The summed E-state index contributed by atoms with van der Waals surface area (Å²) in [6.45, 7) is 8.01. The van der Waals surface area contributed by atoms with Crippen molar-refractivity contribution in [1.82, 2.24) is 25.4 Å². The van der Waals surface area contributed by atoms with E-state index in [1.54, 1.807) is 13.4 Å². The molecule has 168 valence electrons. The van der Waals surface area contributed by atoms with Gasteiger partial charge in [0.15, 0.2) is 5.96 Å². The summed E-state index contributed by atoms with van der Waals surface area (Å²) < 4.78 is 10.6. The van der Waals surface area contributed by atoms with Gasteiger partial charge in [-0.3, -0.25) is 9.69 Å². The highest BCUT2D eigenvalue weighted by atomic mass is 16.5. The molecule has 31 heavy (non-hydrogen) atoms. The summed E-state index contributed by atoms with van der Waals surface area (Å²) in [6.07, 6.45) is 1.66. The maximum Gasteiger partial charge on any atom is 0.234 e. The molecular weight excluding hydrogens is 396 g/mol. The van der Waals surface area contributed by atoms with Crippen LogP contribution >= 0.6 is 0 Å². The zero-order chi connectivity index (χ0) is 21.9. The number of nitrogens with one attached hydrogen (secondary N) is 2. The zero-order valence-electron chi connectivity index (χ0n) is 18.3. The van der Waals surface area contributed by atoms with Gasteiger partial charge in [-0.1, -0.05) is 18.2 Å². The minimum atomic E-state index is 0.0336. The van der Waals surface area contributed by atoms with E-state index < -0.39 is 0 Å². The molecule has 0 radical (unpaired) electrons. The molecule has 2 heterocycles. The number of amides is 1. The fourth-order valence-corrected chi connectivity index (χ4v) is 3.34. The summed E-state index contributed by atoms with van der Waals surface area (Å²) in [6, 6.07) is 9.83. The quantitative estimate of drug-likeness (QED) is 0.352. The summed E-state index contributed by atoms with van der Waals surface area (Å²) in [5.41, 5.74) is 1.74. The highest BCUT2D eigenvalue weighted by Gasteiger charge is 2.21. The molecule has 9 heteroatoms. The molecule has 0 bridgehead atoms. The summed E-state index contributed by atoms with van der Waals surface area (Å²) in [5, 5.41) is 6.22. The van der Waals surface area contributed by atoms with E-state index in [4.69, 9.17) is 14.1 Å². The molecule has 1 fully saturated rings. The molecular formula is C22H32N6O3. The van der Waals surface area contributed by atoms with Crippen molar-refractivity contribution in [2.45, 2.75) is 13.5 Å². The van der Waals surface area contributed by atoms with Crippen molar-refractivity contribution in [2.75, 3.05) is 59.5 Å². The first-order valence-corrected chi connectivity index (χ1v) is 10.7. The van der Waals surface area contributed by atoms with Crippen LogP contribution in [0, 0.1) is 0 Å². The van der Waals surface area contributed by atoms with Gasteiger partial charge in [0.25, 0.3) is 0 Å². The molecule has 2 aromatic rings. The standard InChI is InChI=1S/C22H32N6O3/c1-3-23-22(25-15-19-17-31-21(26-19)18-7-5-4-6-8-18)28-12-10-27(11-13-28)16-20(29)24-9-14-30-2/h4-8,17H,3,9-16H2,1-2H3,(H,23,25)(H,24,29). The highest BCUT2D eigenvalue weighted by Crippen LogP contribution is 2.18. The van der Waals surface area contributed by atoms with E-state index in [1.165, 1.54) is 0 Å². The van der Waals surface area contributed by atoms with Crippen molar-refractivity contribution in [1.29, 1.82) is 0 Å². The molecule has 1 saturated heterocycles. The molecule has 0 unspecified atom stereocenters. The first kappa shape index (κ1) is 22.8. The van der Waals surface area contributed by atoms with Gasteiger partial charge in [0.1, 0.15) is 12.0 Å². The number of methoxy groups -OCH3 is 1. The summed E-state index contributed by atoms with van der Waals surface area (Å²) >= 11 is 0. The van der Waals surface area contributed by atoms with Crippen LogP contribution in [-0.4, -0.2) is 86.2 Å².